The zero-order valence-electron chi connectivity index (χ0n) is 12.8. The molecule has 0 saturated carbocycles. The van der Waals surface area contributed by atoms with E-state index >= 15 is 0 Å². The van der Waals surface area contributed by atoms with E-state index in [1.807, 2.05) is 6.92 Å². The van der Waals surface area contributed by atoms with Crippen molar-refractivity contribution in [2.75, 3.05) is 6.54 Å². The number of nitrogens with zero attached hydrogens (tertiary/aromatic N) is 2. The van der Waals surface area contributed by atoms with E-state index in [2.05, 4.69) is 10.3 Å². The summed E-state index contributed by atoms with van der Waals surface area (Å²) >= 11 is 0. The predicted octanol–water partition coefficient (Wildman–Crippen LogP) is 2.42. The summed E-state index contributed by atoms with van der Waals surface area (Å²) in [6.45, 7) is 3.41. The highest BCUT2D eigenvalue weighted by Crippen LogP contribution is 2.30. The first-order valence-corrected chi connectivity index (χ1v) is 7.28. The Kier molecular flexibility index (Phi) is 4.93. The number of hydrogen-bond donors (Lipinski definition) is 2. The molecule has 0 spiro atoms. The molecule has 2 rings (SSSR count). The smallest absolute Gasteiger partial charge is 0.392 e. The summed E-state index contributed by atoms with van der Waals surface area (Å²) in [5.74, 6) is -0.554. The summed E-state index contributed by atoms with van der Waals surface area (Å²) in [5.41, 5.74) is -0.0535. The molecule has 0 radical (unpaired) electrons. The Labute approximate surface area is 131 Å². The summed E-state index contributed by atoms with van der Waals surface area (Å²) in [4.78, 5) is 16.6. The van der Waals surface area contributed by atoms with Crippen LogP contribution in [0.2, 0.25) is 0 Å². The monoisotopic (exact) mass is 329 g/mol. The van der Waals surface area contributed by atoms with E-state index in [1.165, 1.54) is 13.0 Å². The first kappa shape index (κ1) is 17.3. The molecule has 0 aromatic carbocycles. The zero-order valence-corrected chi connectivity index (χ0v) is 12.8. The van der Waals surface area contributed by atoms with Crippen LogP contribution in [0.5, 0.6) is 0 Å². The number of aromatic nitrogens is 2. The Morgan fingerprint density at radius 3 is 2.70 bits per heavy atom. The summed E-state index contributed by atoms with van der Waals surface area (Å²) in [6, 6.07) is 2.18. The first-order chi connectivity index (χ1) is 10.7. The molecule has 1 atom stereocenters. The number of halogens is 3. The number of carbonyl (C=O) groups excluding carboxylic acids is 1. The highest BCUT2D eigenvalue weighted by atomic mass is 19.4. The van der Waals surface area contributed by atoms with Crippen LogP contribution in [0.15, 0.2) is 18.3 Å². The van der Waals surface area contributed by atoms with Crippen LogP contribution >= 0.6 is 0 Å². The van der Waals surface area contributed by atoms with Gasteiger partial charge in [0, 0.05) is 12.7 Å². The molecule has 1 amide bonds. The molecule has 2 aromatic rings. The quantitative estimate of drug-likeness (QED) is 0.885. The Bertz CT molecular complexity index is 708. The van der Waals surface area contributed by atoms with E-state index in [1.54, 1.807) is 0 Å². The molecule has 1 unspecified atom stereocenters. The van der Waals surface area contributed by atoms with Crippen LogP contribution in [0.25, 0.3) is 5.65 Å². The van der Waals surface area contributed by atoms with Crippen LogP contribution in [-0.4, -0.2) is 33.0 Å². The van der Waals surface area contributed by atoms with Crippen molar-refractivity contribution in [3.8, 4) is 0 Å². The topological polar surface area (TPSA) is 66.6 Å². The Balaban J connectivity index is 2.53. The fraction of sp³-hybridized carbons (Fsp3) is 0.467. The minimum Gasteiger partial charge on any atom is -0.392 e. The number of rotatable bonds is 5. The number of nitrogens with one attached hydrogen (secondary N) is 1. The molecule has 126 valence electrons. The molecule has 0 aliphatic heterocycles. The number of hydrogen-bond acceptors (Lipinski definition) is 3. The van der Waals surface area contributed by atoms with Crippen molar-refractivity contribution in [3.05, 3.63) is 35.3 Å². The number of pyridine rings is 1. The van der Waals surface area contributed by atoms with Gasteiger partial charge in [0.05, 0.1) is 17.4 Å². The van der Waals surface area contributed by atoms with Gasteiger partial charge in [-0.05, 0) is 25.5 Å². The van der Waals surface area contributed by atoms with Gasteiger partial charge >= 0.3 is 6.18 Å². The third-order valence-corrected chi connectivity index (χ3v) is 3.28. The van der Waals surface area contributed by atoms with Gasteiger partial charge in [-0.3, -0.25) is 9.20 Å². The Morgan fingerprint density at radius 2 is 2.13 bits per heavy atom. The largest absolute Gasteiger partial charge is 0.417 e. The lowest BCUT2D eigenvalue weighted by Crippen LogP contribution is -2.32. The van der Waals surface area contributed by atoms with Gasteiger partial charge in [-0.15, -0.1) is 0 Å². The van der Waals surface area contributed by atoms with Crippen LogP contribution in [0, 0.1) is 0 Å². The molecule has 0 fully saturated rings. The maximum absolute atomic E-state index is 12.9. The van der Waals surface area contributed by atoms with Gasteiger partial charge in [-0.1, -0.05) is 13.3 Å². The van der Waals surface area contributed by atoms with Crippen LogP contribution in [0.1, 0.15) is 42.0 Å². The summed E-state index contributed by atoms with van der Waals surface area (Å²) in [6.07, 6.45) is -3.21. The highest BCUT2D eigenvalue weighted by Gasteiger charge is 2.31. The summed E-state index contributed by atoms with van der Waals surface area (Å²) in [5, 5.41) is 11.8. The fourth-order valence-electron chi connectivity index (χ4n) is 2.24. The van der Waals surface area contributed by atoms with E-state index < -0.39 is 23.8 Å². The van der Waals surface area contributed by atoms with E-state index in [9.17, 15) is 23.1 Å². The first-order valence-electron chi connectivity index (χ1n) is 7.28. The molecular weight excluding hydrogens is 311 g/mol. The number of fused-ring (bicyclic) bond motifs is 1. The second-order valence-electron chi connectivity index (χ2n) is 5.36. The van der Waals surface area contributed by atoms with Crippen LogP contribution in [-0.2, 0) is 12.6 Å². The van der Waals surface area contributed by atoms with Gasteiger partial charge in [-0.25, -0.2) is 4.98 Å². The van der Waals surface area contributed by atoms with Gasteiger partial charge < -0.3 is 10.4 Å². The molecule has 2 N–H and O–H groups in total. The van der Waals surface area contributed by atoms with Crippen molar-refractivity contribution < 1.29 is 23.1 Å². The lowest BCUT2D eigenvalue weighted by molar-refractivity contribution is -0.137. The highest BCUT2D eigenvalue weighted by molar-refractivity contribution is 5.94. The van der Waals surface area contributed by atoms with Crippen molar-refractivity contribution in [1.29, 1.82) is 0 Å². The number of aliphatic hydroxyl groups excluding tert-OH is 1. The number of imidazole rings is 1. The third kappa shape index (κ3) is 3.82. The minimum absolute atomic E-state index is 0.0105. The van der Waals surface area contributed by atoms with Crippen LogP contribution in [0.4, 0.5) is 13.2 Å². The molecule has 0 aliphatic carbocycles. The standard InChI is InChI=1S/C15H18F3N3O2/c1-3-4-11-13(14(23)19-7-9(2)22)21-8-10(15(16,17)18)5-6-12(21)20-11/h5-6,8-9,22H,3-4,7H2,1-2H3,(H,19,23). The maximum Gasteiger partial charge on any atom is 0.417 e. The molecule has 5 nitrogen and oxygen atoms in total. The summed E-state index contributed by atoms with van der Waals surface area (Å²) in [7, 11) is 0. The molecule has 0 bridgehead atoms. The van der Waals surface area contributed by atoms with Crippen LogP contribution in [0.3, 0.4) is 0 Å². The average molecular weight is 329 g/mol. The van der Waals surface area contributed by atoms with Gasteiger partial charge in [0.1, 0.15) is 11.3 Å². The van der Waals surface area contributed by atoms with E-state index in [0.717, 1.165) is 16.7 Å². The van der Waals surface area contributed by atoms with E-state index in [0.29, 0.717) is 18.5 Å². The molecular formula is C15H18F3N3O2. The maximum atomic E-state index is 12.9. The predicted molar refractivity (Wildman–Crippen MR) is 78.2 cm³/mol. The SMILES string of the molecule is CCCc1nc2ccc(C(F)(F)F)cn2c1C(=O)NCC(C)O. The van der Waals surface area contributed by atoms with Gasteiger partial charge in [-0.2, -0.15) is 13.2 Å². The molecule has 0 aliphatic rings. The second-order valence-corrected chi connectivity index (χ2v) is 5.36. The third-order valence-electron chi connectivity index (χ3n) is 3.28. The average Bonchev–Trinajstić information content (AvgIpc) is 2.81. The van der Waals surface area contributed by atoms with Crippen molar-refractivity contribution in [3.63, 3.8) is 0 Å². The number of aryl methyl sites for hydroxylation is 1. The van der Waals surface area contributed by atoms with Crippen LogP contribution < -0.4 is 5.32 Å². The van der Waals surface area contributed by atoms with Crippen molar-refractivity contribution in [2.24, 2.45) is 0 Å². The van der Waals surface area contributed by atoms with E-state index in [4.69, 9.17) is 0 Å². The van der Waals surface area contributed by atoms with Crippen molar-refractivity contribution in [1.82, 2.24) is 14.7 Å². The van der Waals surface area contributed by atoms with Gasteiger partial charge in [0.15, 0.2) is 0 Å². The number of carbonyl (C=O) groups is 1. The second kappa shape index (κ2) is 6.57. The Morgan fingerprint density at radius 1 is 1.43 bits per heavy atom. The number of amides is 1. The fourth-order valence-corrected chi connectivity index (χ4v) is 2.24. The van der Waals surface area contributed by atoms with Crippen molar-refractivity contribution in [2.45, 2.75) is 39.0 Å². The lowest BCUT2D eigenvalue weighted by Gasteiger charge is -2.10. The molecule has 23 heavy (non-hydrogen) atoms. The molecule has 8 heteroatoms. The molecule has 2 aromatic heterocycles. The van der Waals surface area contributed by atoms with Crippen molar-refractivity contribution >= 4 is 11.6 Å². The molecule has 0 saturated heterocycles. The van der Waals surface area contributed by atoms with Gasteiger partial charge in [0.2, 0.25) is 0 Å². The normalized spacial score (nSPS) is 13.3. The Hall–Kier alpha value is -2.09. The minimum atomic E-state index is -4.50. The molecule has 2 heterocycles. The summed E-state index contributed by atoms with van der Waals surface area (Å²) < 4.78 is 39.8. The van der Waals surface area contributed by atoms with E-state index in [-0.39, 0.29) is 17.9 Å². The number of alkyl halides is 3. The van der Waals surface area contributed by atoms with Gasteiger partial charge in [0.25, 0.3) is 5.91 Å². The lowest BCUT2D eigenvalue weighted by atomic mass is 10.2. The number of aliphatic hydroxyl groups is 1. The zero-order chi connectivity index (χ0) is 17.2.